The van der Waals surface area contributed by atoms with Crippen molar-refractivity contribution >= 4 is 34.1 Å². The second kappa shape index (κ2) is 4.68. The Morgan fingerprint density at radius 2 is 1.79 bits per heavy atom. The van der Waals surface area contributed by atoms with Gasteiger partial charge in [0.2, 0.25) is 5.28 Å². The molecule has 1 heterocycles. The van der Waals surface area contributed by atoms with Gasteiger partial charge < -0.3 is 0 Å². The van der Waals surface area contributed by atoms with Gasteiger partial charge in [-0.2, -0.15) is 0 Å². The number of para-hydroxylation sites is 1. The smallest absolute Gasteiger partial charge is 0.209 e. The fourth-order valence-corrected chi connectivity index (χ4v) is 2.44. The Hall–Kier alpha value is -1.84. The molecule has 1 aromatic heterocycles. The van der Waals surface area contributed by atoms with E-state index in [0.29, 0.717) is 10.5 Å². The molecule has 0 atom stereocenters. The Kier molecular flexibility index (Phi) is 3.01. The van der Waals surface area contributed by atoms with Crippen LogP contribution in [0.2, 0.25) is 10.3 Å². The predicted molar refractivity (Wildman–Crippen MR) is 76.9 cm³/mol. The fraction of sp³-hybridized carbons (Fsp3) is 0. The molecule has 0 spiro atoms. The molecular weight excluding hydrogens is 281 g/mol. The van der Waals surface area contributed by atoms with E-state index in [2.05, 4.69) is 4.98 Å². The highest BCUT2D eigenvalue weighted by Gasteiger charge is 2.08. The van der Waals surface area contributed by atoms with Gasteiger partial charge in [-0.25, -0.2) is 4.98 Å². The van der Waals surface area contributed by atoms with Gasteiger partial charge in [-0.3, -0.25) is 9.98 Å². The monoisotopic (exact) mass is 289 g/mol. The number of nitrogens with one attached hydrogen (secondary N) is 1. The molecule has 0 saturated carbocycles. The number of nitrogens with zero attached hydrogens (tertiary/aromatic N) is 2. The van der Waals surface area contributed by atoms with Gasteiger partial charge in [-0.1, -0.05) is 29.8 Å². The van der Waals surface area contributed by atoms with Crippen LogP contribution in [0.4, 0.5) is 0 Å². The van der Waals surface area contributed by atoms with E-state index in [0.717, 1.165) is 11.1 Å². The quantitative estimate of drug-likeness (QED) is 0.680. The van der Waals surface area contributed by atoms with Crippen molar-refractivity contribution < 1.29 is 0 Å². The zero-order valence-electron chi connectivity index (χ0n) is 9.77. The molecule has 0 unspecified atom stereocenters. The molecule has 3 rings (SSSR count). The number of halogens is 2. The molecule has 0 bridgehead atoms. The van der Waals surface area contributed by atoms with Crippen molar-refractivity contribution in [1.29, 1.82) is 5.41 Å². The summed E-state index contributed by atoms with van der Waals surface area (Å²) in [5.41, 5.74) is 1.72. The van der Waals surface area contributed by atoms with E-state index in [1.807, 2.05) is 36.4 Å². The minimum absolute atomic E-state index is 0.242. The van der Waals surface area contributed by atoms with Crippen molar-refractivity contribution in [3.05, 3.63) is 64.3 Å². The summed E-state index contributed by atoms with van der Waals surface area (Å²) in [6.07, 6.45) is 0. The van der Waals surface area contributed by atoms with E-state index >= 15 is 0 Å². The van der Waals surface area contributed by atoms with Gasteiger partial charge in [0.25, 0.3) is 0 Å². The highest BCUT2D eigenvalue weighted by atomic mass is 35.5. The molecular formula is C14H9Cl2N3. The second-order valence-electron chi connectivity index (χ2n) is 4.06. The van der Waals surface area contributed by atoms with Crippen LogP contribution in [0.3, 0.4) is 0 Å². The average molecular weight is 290 g/mol. The standard InChI is InChI=1S/C14H9Cl2N3/c15-9-4-3-5-10(8-9)19-13(17)11-6-1-2-7-12(11)18-14(19)16/h1-8,17H. The van der Waals surface area contributed by atoms with Crippen LogP contribution < -0.4 is 5.49 Å². The van der Waals surface area contributed by atoms with Crippen molar-refractivity contribution in [3.63, 3.8) is 0 Å². The van der Waals surface area contributed by atoms with Crippen molar-refractivity contribution in [2.75, 3.05) is 0 Å². The lowest BCUT2D eigenvalue weighted by atomic mass is 10.2. The second-order valence-corrected chi connectivity index (χ2v) is 4.84. The number of fused-ring (bicyclic) bond motifs is 1. The van der Waals surface area contributed by atoms with Crippen molar-refractivity contribution in [3.8, 4) is 5.69 Å². The van der Waals surface area contributed by atoms with E-state index < -0.39 is 0 Å². The Morgan fingerprint density at radius 3 is 2.58 bits per heavy atom. The Morgan fingerprint density at radius 1 is 1.00 bits per heavy atom. The molecule has 0 radical (unpaired) electrons. The lowest BCUT2D eigenvalue weighted by molar-refractivity contribution is 0.912. The molecule has 0 saturated heterocycles. The van der Waals surface area contributed by atoms with Crippen molar-refractivity contribution in [2.45, 2.75) is 0 Å². The van der Waals surface area contributed by atoms with E-state index in [4.69, 9.17) is 28.6 Å². The molecule has 0 aliphatic heterocycles. The third-order valence-corrected chi connectivity index (χ3v) is 3.34. The first-order chi connectivity index (χ1) is 9.16. The molecule has 5 heteroatoms. The predicted octanol–water partition coefficient (Wildman–Crippen LogP) is 3.81. The number of aromatic nitrogens is 2. The van der Waals surface area contributed by atoms with Crippen LogP contribution in [-0.4, -0.2) is 9.55 Å². The summed E-state index contributed by atoms with van der Waals surface area (Å²) in [4.78, 5) is 4.31. The molecule has 0 fully saturated rings. The molecule has 19 heavy (non-hydrogen) atoms. The minimum Gasteiger partial charge on any atom is -0.283 e. The Bertz CT molecular complexity index is 824. The third-order valence-electron chi connectivity index (χ3n) is 2.85. The number of hydrogen-bond acceptors (Lipinski definition) is 2. The van der Waals surface area contributed by atoms with Gasteiger partial charge in [-0.05, 0) is 41.9 Å². The summed E-state index contributed by atoms with van der Waals surface area (Å²) in [6, 6.07) is 14.6. The first-order valence-corrected chi connectivity index (χ1v) is 6.40. The first kappa shape index (κ1) is 12.2. The molecule has 2 aromatic carbocycles. The topological polar surface area (TPSA) is 41.7 Å². The van der Waals surface area contributed by atoms with Gasteiger partial charge in [-0.15, -0.1) is 0 Å². The molecule has 94 valence electrons. The van der Waals surface area contributed by atoms with Crippen LogP contribution in [0.1, 0.15) is 0 Å². The molecule has 0 aliphatic carbocycles. The molecule has 3 aromatic rings. The van der Waals surface area contributed by atoms with Gasteiger partial charge in [0.1, 0.15) is 5.49 Å². The highest BCUT2D eigenvalue weighted by Crippen LogP contribution is 2.18. The summed E-state index contributed by atoms with van der Waals surface area (Å²) in [5, 5.41) is 9.86. The van der Waals surface area contributed by atoms with Gasteiger partial charge in [0.15, 0.2) is 0 Å². The number of hydrogen-bond donors (Lipinski definition) is 1. The van der Waals surface area contributed by atoms with Gasteiger partial charge >= 0.3 is 0 Å². The minimum atomic E-state index is 0.242. The van der Waals surface area contributed by atoms with E-state index in [-0.39, 0.29) is 10.8 Å². The van der Waals surface area contributed by atoms with Gasteiger partial charge in [0.05, 0.1) is 11.2 Å². The van der Waals surface area contributed by atoms with E-state index in [9.17, 15) is 0 Å². The molecule has 0 aliphatic rings. The molecule has 0 amide bonds. The van der Waals surface area contributed by atoms with Crippen LogP contribution in [-0.2, 0) is 0 Å². The Labute approximate surface area is 119 Å². The maximum Gasteiger partial charge on any atom is 0.209 e. The third kappa shape index (κ3) is 2.11. The largest absolute Gasteiger partial charge is 0.283 e. The van der Waals surface area contributed by atoms with Gasteiger partial charge in [0, 0.05) is 10.4 Å². The zero-order valence-corrected chi connectivity index (χ0v) is 11.3. The summed E-state index contributed by atoms with van der Waals surface area (Å²) in [7, 11) is 0. The van der Waals surface area contributed by atoms with Crippen LogP contribution in [0.5, 0.6) is 0 Å². The number of rotatable bonds is 1. The lowest BCUT2D eigenvalue weighted by Crippen LogP contribution is -2.20. The van der Waals surface area contributed by atoms with Crippen molar-refractivity contribution in [2.24, 2.45) is 0 Å². The summed E-state index contributed by atoms with van der Waals surface area (Å²) in [5.74, 6) is 0. The van der Waals surface area contributed by atoms with Crippen LogP contribution >= 0.6 is 23.2 Å². The summed E-state index contributed by atoms with van der Waals surface area (Å²) in [6.45, 7) is 0. The number of benzene rings is 2. The van der Waals surface area contributed by atoms with E-state index in [1.165, 1.54) is 0 Å². The van der Waals surface area contributed by atoms with Crippen LogP contribution in [0.15, 0.2) is 48.5 Å². The fourth-order valence-electron chi connectivity index (χ4n) is 1.98. The highest BCUT2D eigenvalue weighted by molar-refractivity contribution is 6.31. The Balaban J connectivity index is 2.39. The summed E-state index contributed by atoms with van der Waals surface area (Å²) < 4.78 is 1.57. The zero-order chi connectivity index (χ0) is 13.4. The molecule has 3 nitrogen and oxygen atoms in total. The van der Waals surface area contributed by atoms with E-state index in [1.54, 1.807) is 16.7 Å². The average Bonchev–Trinajstić information content (AvgIpc) is 2.39. The summed E-state index contributed by atoms with van der Waals surface area (Å²) >= 11 is 12.2. The first-order valence-electron chi connectivity index (χ1n) is 5.64. The van der Waals surface area contributed by atoms with Crippen molar-refractivity contribution in [1.82, 2.24) is 9.55 Å². The lowest BCUT2D eigenvalue weighted by Gasteiger charge is -2.11. The molecule has 1 N–H and O–H groups in total. The normalized spacial score (nSPS) is 10.8. The van der Waals surface area contributed by atoms with Crippen LogP contribution in [0.25, 0.3) is 16.6 Å². The maximum absolute atomic E-state index is 8.28. The van der Waals surface area contributed by atoms with Crippen LogP contribution in [0, 0.1) is 5.41 Å². The maximum atomic E-state index is 8.28. The SMILES string of the molecule is N=c1c2ccccc2nc(Cl)n1-c1cccc(Cl)c1.